The van der Waals surface area contributed by atoms with E-state index in [2.05, 4.69) is 10.6 Å². The smallest absolute Gasteiger partial charge is 0.234 e. The van der Waals surface area contributed by atoms with Crippen LogP contribution in [0.4, 0.5) is 4.39 Å². The average molecular weight is 347 g/mol. The quantitative estimate of drug-likeness (QED) is 0.718. The Morgan fingerprint density at radius 2 is 1.76 bits per heavy atom. The Labute approximate surface area is 146 Å². The Morgan fingerprint density at radius 1 is 1.08 bits per heavy atom. The molecule has 0 aliphatic rings. The number of carbonyl (C=O) groups excluding carboxylic acids is 2. The summed E-state index contributed by atoms with van der Waals surface area (Å²) < 4.78 is 17.9. The molecule has 0 spiro atoms. The van der Waals surface area contributed by atoms with Crippen molar-refractivity contribution in [1.82, 2.24) is 15.5 Å². The third-order valence-electron chi connectivity index (χ3n) is 3.52. The van der Waals surface area contributed by atoms with E-state index >= 15 is 0 Å². The van der Waals surface area contributed by atoms with Gasteiger partial charge in [-0.15, -0.1) is 0 Å². The highest BCUT2D eigenvalue weighted by molar-refractivity contribution is 5.81. The monoisotopic (exact) mass is 347 g/mol. The zero-order valence-electron chi connectivity index (χ0n) is 14.1. The lowest BCUT2D eigenvalue weighted by atomic mass is 10.1. The largest absolute Gasteiger partial charge is 0.467 e. The van der Waals surface area contributed by atoms with Gasteiger partial charge in [0.15, 0.2) is 0 Å². The van der Waals surface area contributed by atoms with Gasteiger partial charge in [-0.1, -0.05) is 12.1 Å². The van der Waals surface area contributed by atoms with Gasteiger partial charge >= 0.3 is 0 Å². The highest BCUT2D eigenvalue weighted by Gasteiger charge is 2.10. The predicted molar refractivity (Wildman–Crippen MR) is 91.2 cm³/mol. The van der Waals surface area contributed by atoms with Crippen molar-refractivity contribution in [3.05, 3.63) is 59.8 Å². The number of hydrogen-bond donors (Lipinski definition) is 2. The molecule has 0 saturated heterocycles. The molecular weight excluding hydrogens is 325 g/mol. The Balaban J connectivity index is 1.60. The highest BCUT2D eigenvalue weighted by atomic mass is 19.1. The van der Waals surface area contributed by atoms with Crippen molar-refractivity contribution in [2.75, 3.05) is 26.7 Å². The molecule has 0 radical (unpaired) electrons. The Hall–Kier alpha value is -2.67. The molecule has 0 fully saturated rings. The Bertz CT molecular complexity index is 671. The summed E-state index contributed by atoms with van der Waals surface area (Å²) in [5.74, 6) is 0.0516. The zero-order valence-corrected chi connectivity index (χ0v) is 14.1. The minimum absolute atomic E-state index is 0.117. The number of nitrogens with zero attached hydrogens (tertiary/aromatic N) is 1. The fourth-order valence-corrected chi connectivity index (χ4v) is 2.25. The summed E-state index contributed by atoms with van der Waals surface area (Å²) in [7, 11) is 1.70. The lowest BCUT2D eigenvalue weighted by Crippen LogP contribution is -2.41. The van der Waals surface area contributed by atoms with Gasteiger partial charge in [0, 0.05) is 6.54 Å². The predicted octanol–water partition coefficient (Wildman–Crippen LogP) is 1.33. The van der Waals surface area contributed by atoms with E-state index in [-0.39, 0.29) is 30.7 Å². The molecule has 7 heteroatoms. The summed E-state index contributed by atoms with van der Waals surface area (Å²) in [5, 5.41) is 5.50. The molecule has 1 aromatic carbocycles. The summed E-state index contributed by atoms with van der Waals surface area (Å²) in [6, 6.07) is 9.70. The van der Waals surface area contributed by atoms with Crippen LogP contribution in [-0.4, -0.2) is 43.4 Å². The second-order valence-electron chi connectivity index (χ2n) is 5.75. The van der Waals surface area contributed by atoms with Crippen LogP contribution in [-0.2, 0) is 22.6 Å². The molecule has 1 aromatic heterocycles. The molecule has 2 amide bonds. The third kappa shape index (κ3) is 7.17. The van der Waals surface area contributed by atoms with Crippen LogP contribution in [0.25, 0.3) is 0 Å². The molecule has 134 valence electrons. The van der Waals surface area contributed by atoms with Crippen molar-refractivity contribution in [2.24, 2.45) is 0 Å². The molecule has 0 unspecified atom stereocenters. The number of hydrogen-bond acceptors (Lipinski definition) is 4. The van der Waals surface area contributed by atoms with Crippen LogP contribution in [0.15, 0.2) is 47.1 Å². The lowest BCUT2D eigenvalue weighted by molar-refractivity contribution is -0.124. The van der Waals surface area contributed by atoms with Crippen molar-refractivity contribution in [3.63, 3.8) is 0 Å². The van der Waals surface area contributed by atoms with E-state index in [0.29, 0.717) is 25.3 Å². The van der Waals surface area contributed by atoms with Crippen LogP contribution in [0.3, 0.4) is 0 Å². The van der Waals surface area contributed by atoms with Crippen LogP contribution in [0.1, 0.15) is 11.3 Å². The SMILES string of the molecule is CN(CC(=O)NCCc1ccc(F)cc1)CC(=O)NCc1ccco1. The lowest BCUT2D eigenvalue weighted by Gasteiger charge is -2.15. The van der Waals surface area contributed by atoms with E-state index in [1.54, 1.807) is 42.5 Å². The molecule has 0 aliphatic heterocycles. The molecule has 6 nitrogen and oxygen atoms in total. The van der Waals surface area contributed by atoms with Crippen molar-refractivity contribution < 1.29 is 18.4 Å². The van der Waals surface area contributed by atoms with E-state index in [0.717, 1.165) is 5.56 Å². The molecule has 0 aliphatic carbocycles. The number of benzene rings is 1. The van der Waals surface area contributed by atoms with Gasteiger partial charge < -0.3 is 15.1 Å². The minimum atomic E-state index is -0.278. The summed E-state index contributed by atoms with van der Waals surface area (Å²) in [6.45, 7) is 1.02. The standard InChI is InChI=1S/C18H22FN3O3/c1-22(13-18(24)21-11-16-3-2-10-25-16)12-17(23)20-9-8-14-4-6-15(19)7-5-14/h2-7,10H,8-9,11-13H2,1H3,(H,20,23)(H,21,24). The zero-order chi connectivity index (χ0) is 18.1. The minimum Gasteiger partial charge on any atom is -0.467 e. The number of furan rings is 1. The average Bonchev–Trinajstić information content (AvgIpc) is 3.08. The van der Waals surface area contributed by atoms with E-state index in [1.165, 1.54) is 12.1 Å². The van der Waals surface area contributed by atoms with Crippen LogP contribution in [0, 0.1) is 5.82 Å². The number of carbonyl (C=O) groups is 2. The van der Waals surface area contributed by atoms with Crippen LogP contribution >= 0.6 is 0 Å². The normalized spacial score (nSPS) is 10.7. The summed E-state index contributed by atoms with van der Waals surface area (Å²) in [6.07, 6.45) is 2.17. The van der Waals surface area contributed by atoms with Gasteiger partial charge in [-0.2, -0.15) is 0 Å². The van der Waals surface area contributed by atoms with Crippen molar-refractivity contribution in [1.29, 1.82) is 0 Å². The molecule has 2 N–H and O–H groups in total. The highest BCUT2D eigenvalue weighted by Crippen LogP contribution is 2.02. The second-order valence-corrected chi connectivity index (χ2v) is 5.75. The first-order chi connectivity index (χ1) is 12.0. The fraction of sp³-hybridized carbons (Fsp3) is 0.333. The van der Waals surface area contributed by atoms with Crippen LogP contribution in [0.2, 0.25) is 0 Å². The van der Waals surface area contributed by atoms with Crippen LogP contribution < -0.4 is 10.6 Å². The molecule has 1 heterocycles. The Morgan fingerprint density at radius 3 is 2.40 bits per heavy atom. The first-order valence-corrected chi connectivity index (χ1v) is 8.01. The number of nitrogens with one attached hydrogen (secondary N) is 2. The van der Waals surface area contributed by atoms with Crippen molar-refractivity contribution in [2.45, 2.75) is 13.0 Å². The van der Waals surface area contributed by atoms with Gasteiger partial charge in [-0.05, 0) is 43.3 Å². The maximum atomic E-state index is 12.8. The molecule has 2 rings (SSSR count). The topological polar surface area (TPSA) is 74.6 Å². The van der Waals surface area contributed by atoms with Crippen LogP contribution in [0.5, 0.6) is 0 Å². The molecule has 0 atom stereocenters. The summed E-state index contributed by atoms with van der Waals surface area (Å²) >= 11 is 0. The fourth-order valence-electron chi connectivity index (χ4n) is 2.25. The van der Waals surface area contributed by atoms with Gasteiger partial charge in [-0.25, -0.2) is 4.39 Å². The first kappa shape index (κ1) is 18.7. The summed E-state index contributed by atoms with van der Waals surface area (Å²) in [4.78, 5) is 25.3. The number of rotatable bonds is 9. The van der Waals surface area contributed by atoms with E-state index in [9.17, 15) is 14.0 Å². The van der Waals surface area contributed by atoms with Gasteiger partial charge in [0.05, 0.1) is 25.9 Å². The first-order valence-electron chi connectivity index (χ1n) is 8.01. The van der Waals surface area contributed by atoms with Crippen molar-refractivity contribution in [3.8, 4) is 0 Å². The number of likely N-dealkylation sites (N-methyl/N-ethyl adjacent to an activating group) is 1. The second kappa shape index (κ2) is 9.58. The van der Waals surface area contributed by atoms with Gasteiger partial charge in [0.2, 0.25) is 11.8 Å². The third-order valence-corrected chi connectivity index (χ3v) is 3.52. The van der Waals surface area contributed by atoms with E-state index in [4.69, 9.17) is 4.42 Å². The summed E-state index contributed by atoms with van der Waals surface area (Å²) in [5.41, 5.74) is 0.951. The molecule has 0 bridgehead atoms. The van der Waals surface area contributed by atoms with Gasteiger partial charge in [-0.3, -0.25) is 14.5 Å². The van der Waals surface area contributed by atoms with Gasteiger partial charge in [0.1, 0.15) is 11.6 Å². The Kier molecular flexibility index (Phi) is 7.16. The number of halogens is 1. The molecule has 2 aromatic rings. The van der Waals surface area contributed by atoms with Crippen molar-refractivity contribution >= 4 is 11.8 Å². The molecule has 25 heavy (non-hydrogen) atoms. The van der Waals surface area contributed by atoms with Gasteiger partial charge in [0.25, 0.3) is 0 Å². The van der Waals surface area contributed by atoms with E-state index in [1.807, 2.05) is 0 Å². The maximum absolute atomic E-state index is 12.8. The molecular formula is C18H22FN3O3. The number of amides is 2. The molecule has 0 saturated carbocycles. The van der Waals surface area contributed by atoms with E-state index < -0.39 is 0 Å². The maximum Gasteiger partial charge on any atom is 0.234 e.